The van der Waals surface area contributed by atoms with Gasteiger partial charge in [0.2, 0.25) is 5.91 Å². The zero-order chi connectivity index (χ0) is 13.4. The van der Waals surface area contributed by atoms with Gasteiger partial charge in [0.15, 0.2) is 0 Å². The molecule has 0 aromatic carbocycles. The van der Waals surface area contributed by atoms with Gasteiger partial charge < -0.3 is 25.2 Å². The van der Waals surface area contributed by atoms with Gasteiger partial charge in [0, 0.05) is 0 Å². The monoisotopic (exact) mass is 274 g/mol. The third-order valence-electron chi connectivity index (χ3n) is 2.31. The zero-order valence-corrected chi connectivity index (χ0v) is 9.28. The fraction of sp³-hybridized carbons (Fsp3) is 1.00. The molecule has 1 unspecified atom stereocenters. The molecule has 0 radical (unpaired) electrons. The fourth-order valence-electron chi connectivity index (χ4n) is 1.51. The number of hydrogen-bond donors (Lipinski definition) is 7. The standard InChI is InChI=1S/C6H14N2O8S/c7-6(12)5(8-17(13,14)15)4(11)3(10)2(1-9)16-6/h2-5,8-12H,1,7H2,(H,13,14,15)/t2-,3-,4+,5-,6?/m1/s1. The van der Waals surface area contributed by atoms with Crippen LogP contribution in [0.3, 0.4) is 0 Å². The SMILES string of the molecule is NC1(O)O[C@H](CO)[C@@H](O)[C@H](O)[C@H]1NS(=O)(=O)O. The van der Waals surface area contributed by atoms with Crippen molar-refractivity contribution in [3.63, 3.8) is 0 Å². The minimum Gasteiger partial charge on any atom is -0.394 e. The molecule has 10 nitrogen and oxygen atoms in total. The predicted molar refractivity (Wildman–Crippen MR) is 51.6 cm³/mol. The lowest BCUT2D eigenvalue weighted by Gasteiger charge is -2.44. The van der Waals surface area contributed by atoms with Gasteiger partial charge in [-0.3, -0.25) is 10.3 Å². The normalized spacial score (nSPS) is 43.6. The van der Waals surface area contributed by atoms with Crippen molar-refractivity contribution in [1.29, 1.82) is 0 Å². The maximum Gasteiger partial charge on any atom is 0.333 e. The van der Waals surface area contributed by atoms with E-state index in [-0.39, 0.29) is 0 Å². The largest absolute Gasteiger partial charge is 0.394 e. The molecule has 5 atom stereocenters. The van der Waals surface area contributed by atoms with Crippen molar-refractivity contribution in [2.24, 2.45) is 5.73 Å². The van der Waals surface area contributed by atoms with E-state index < -0.39 is 47.2 Å². The van der Waals surface area contributed by atoms with Crippen molar-refractivity contribution < 1.29 is 38.1 Å². The molecule has 0 spiro atoms. The van der Waals surface area contributed by atoms with Gasteiger partial charge in [-0.05, 0) is 0 Å². The lowest BCUT2D eigenvalue weighted by Crippen LogP contribution is -2.73. The van der Waals surface area contributed by atoms with Crippen LogP contribution in [-0.4, -0.2) is 70.3 Å². The summed E-state index contributed by atoms with van der Waals surface area (Å²) < 4.78 is 35.7. The van der Waals surface area contributed by atoms with Crippen LogP contribution in [0.2, 0.25) is 0 Å². The summed E-state index contributed by atoms with van der Waals surface area (Å²) in [6, 6.07) is -1.89. The van der Waals surface area contributed by atoms with Crippen LogP contribution in [0, 0.1) is 0 Å². The summed E-state index contributed by atoms with van der Waals surface area (Å²) >= 11 is 0. The summed E-state index contributed by atoms with van der Waals surface area (Å²) in [5.74, 6) is -2.69. The van der Waals surface area contributed by atoms with Crippen LogP contribution in [0.15, 0.2) is 0 Å². The second-order valence-corrected chi connectivity index (χ2v) is 4.83. The maximum absolute atomic E-state index is 10.6. The summed E-state index contributed by atoms with van der Waals surface area (Å²) in [5, 5.41) is 37.2. The number of hydrogen-bond acceptors (Lipinski definition) is 8. The molecule has 1 aliphatic heterocycles. The quantitative estimate of drug-likeness (QED) is 0.197. The van der Waals surface area contributed by atoms with Crippen LogP contribution in [0.4, 0.5) is 0 Å². The van der Waals surface area contributed by atoms with Gasteiger partial charge in [0.05, 0.1) is 6.61 Å². The van der Waals surface area contributed by atoms with Crippen molar-refractivity contribution in [2.45, 2.75) is 30.3 Å². The molecule has 8 N–H and O–H groups in total. The summed E-state index contributed by atoms with van der Waals surface area (Å²) in [6.45, 7) is -0.754. The smallest absolute Gasteiger partial charge is 0.333 e. The molecule has 0 aromatic heterocycles. The van der Waals surface area contributed by atoms with E-state index in [1.807, 2.05) is 0 Å². The van der Waals surface area contributed by atoms with Gasteiger partial charge in [0.1, 0.15) is 24.4 Å². The summed E-state index contributed by atoms with van der Waals surface area (Å²) in [4.78, 5) is 0. The summed E-state index contributed by atoms with van der Waals surface area (Å²) in [7, 11) is -4.78. The van der Waals surface area contributed by atoms with Crippen LogP contribution in [0.25, 0.3) is 0 Å². The van der Waals surface area contributed by atoms with E-state index in [1.54, 1.807) is 0 Å². The summed E-state index contributed by atoms with van der Waals surface area (Å²) in [5.41, 5.74) is 5.16. The highest BCUT2D eigenvalue weighted by molar-refractivity contribution is 7.83. The Morgan fingerprint density at radius 1 is 1.35 bits per heavy atom. The molecule has 1 saturated heterocycles. The Morgan fingerprint density at radius 3 is 2.29 bits per heavy atom. The Labute approximate surface area is 96.5 Å². The zero-order valence-electron chi connectivity index (χ0n) is 8.46. The third kappa shape index (κ3) is 3.31. The van der Waals surface area contributed by atoms with Crippen LogP contribution < -0.4 is 10.5 Å². The minimum atomic E-state index is -4.78. The van der Waals surface area contributed by atoms with E-state index in [9.17, 15) is 23.7 Å². The van der Waals surface area contributed by atoms with Gasteiger partial charge in [-0.15, -0.1) is 0 Å². The van der Waals surface area contributed by atoms with Crippen molar-refractivity contribution in [2.75, 3.05) is 6.61 Å². The lowest BCUT2D eigenvalue weighted by atomic mass is 9.95. The van der Waals surface area contributed by atoms with Crippen molar-refractivity contribution >= 4 is 10.3 Å². The molecule has 0 aromatic rings. The highest BCUT2D eigenvalue weighted by atomic mass is 32.2. The molecule has 11 heteroatoms. The molecule has 0 bridgehead atoms. The average molecular weight is 274 g/mol. The topological polar surface area (TPSA) is 183 Å². The van der Waals surface area contributed by atoms with Crippen molar-refractivity contribution in [3.05, 3.63) is 0 Å². The molecule has 102 valence electrons. The lowest BCUT2D eigenvalue weighted by molar-refractivity contribution is -0.314. The second kappa shape index (κ2) is 4.72. The van der Waals surface area contributed by atoms with Gasteiger partial charge in [-0.2, -0.15) is 13.1 Å². The molecule has 1 aliphatic rings. The number of ether oxygens (including phenoxy) is 1. The first-order valence-corrected chi connectivity index (χ1v) is 5.93. The first-order valence-electron chi connectivity index (χ1n) is 4.49. The maximum atomic E-state index is 10.6. The Morgan fingerprint density at radius 2 is 1.88 bits per heavy atom. The number of aliphatic hydroxyl groups excluding tert-OH is 3. The average Bonchev–Trinajstić information content (AvgIpc) is 2.17. The van der Waals surface area contributed by atoms with E-state index in [2.05, 4.69) is 4.74 Å². The predicted octanol–water partition coefficient (Wildman–Crippen LogP) is -4.53. The van der Waals surface area contributed by atoms with Crippen LogP contribution in [0.1, 0.15) is 0 Å². The Kier molecular flexibility index (Phi) is 4.08. The van der Waals surface area contributed by atoms with Crippen LogP contribution in [0.5, 0.6) is 0 Å². The van der Waals surface area contributed by atoms with E-state index in [0.717, 1.165) is 0 Å². The second-order valence-electron chi connectivity index (χ2n) is 3.64. The van der Waals surface area contributed by atoms with Crippen LogP contribution >= 0.6 is 0 Å². The third-order valence-corrected chi connectivity index (χ3v) is 2.87. The number of rotatable bonds is 3. The summed E-state index contributed by atoms with van der Waals surface area (Å²) in [6.07, 6.45) is -4.96. The molecule has 0 saturated carbocycles. The van der Waals surface area contributed by atoms with Gasteiger partial charge >= 0.3 is 10.3 Å². The Hall–Kier alpha value is -0.370. The van der Waals surface area contributed by atoms with E-state index in [4.69, 9.17) is 15.4 Å². The molecule has 0 amide bonds. The van der Waals surface area contributed by atoms with E-state index in [0.29, 0.717) is 0 Å². The molecular formula is C6H14N2O8S. The fourth-order valence-corrected chi connectivity index (χ4v) is 2.14. The van der Waals surface area contributed by atoms with Crippen molar-refractivity contribution in [3.8, 4) is 0 Å². The number of nitrogens with one attached hydrogen (secondary N) is 1. The molecule has 17 heavy (non-hydrogen) atoms. The van der Waals surface area contributed by atoms with Gasteiger partial charge in [-0.25, -0.2) is 0 Å². The first-order chi connectivity index (χ1) is 7.58. The van der Waals surface area contributed by atoms with Crippen molar-refractivity contribution in [1.82, 2.24) is 4.72 Å². The number of aliphatic hydroxyl groups is 4. The van der Waals surface area contributed by atoms with E-state index >= 15 is 0 Å². The molecule has 1 rings (SSSR count). The van der Waals surface area contributed by atoms with Crippen LogP contribution in [-0.2, 0) is 15.0 Å². The van der Waals surface area contributed by atoms with Gasteiger partial charge in [-0.1, -0.05) is 0 Å². The Balaban J connectivity index is 2.96. The van der Waals surface area contributed by atoms with E-state index in [1.165, 1.54) is 4.72 Å². The highest BCUT2D eigenvalue weighted by Gasteiger charge is 2.52. The first kappa shape index (κ1) is 14.7. The van der Waals surface area contributed by atoms with Gasteiger partial charge in [0.25, 0.3) is 0 Å². The molecular weight excluding hydrogens is 260 g/mol. The molecule has 1 heterocycles. The highest BCUT2D eigenvalue weighted by Crippen LogP contribution is 2.24. The Bertz CT molecular complexity index is 370. The minimum absolute atomic E-state index is 0.754. The molecule has 1 fully saturated rings. The number of nitrogens with two attached hydrogens (primary N) is 1. The molecule has 0 aliphatic carbocycles.